The fourth-order valence-electron chi connectivity index (χ4n) is 3.19. The van der Waals surface area contributed by atoms with Crippen molar-refractivity contribution in [1.29, 1.82) is 0 Å². The van der Waals surface area contributed by atoms with Gasteiger partial charge in [-0.3, -0.25) is 9.59 Å². The first kappa shape index (κ1) is 15.9. The van der Waals surface area contributed by atoms with E-state index in [9.17, 15) is 19.1 Å². The number of nitrogens with one attached hydrogen (secondary N) is 1. The van der Waals surface area contributed by atoms with Crippen LogP contribution in [0.2, 0.25) is 0 Å². The van der Waals surface area contributed by atoms with Gasteiger partial charge in [-0.25, -0.2) is 9.37 Å². The summed E-state index contributed by atoms with van der Waals surface area (Å²) < 4.78 is 18.5. The number of fused-ring (bicyclic) bond motifs is 2. The molecule has 6 nitrogen and oxygen atoms in total. The minimum Gasteiger partial charge on any atom is -0.481 e. The van der Waals surface area contributed by atoms with E-state index in [1.807, 2.05) is 0 Å². The molecule has 25 heavy (non-hydrogen) atoms. The van der Waals surface area contributed by atoms with Crippen molar-refractivity contribution >= 4 is 28.3 Å². The molecule has 4 atom stereocenters. The Morgan fingerprint density at radius 3 is 2.52 bits per heavy atom. The summed E-state index contributed by atoms with van der Waals surface area (Å²) >= 11 is 1.22. The second-order valence-corrected chi connectivity index (χ2v) is 6.73. The number of thiazole rings is 1. The van der Waals surface area contributed by atoms with Crippen molar-refractivity contribution in [1.82, 2.24) is 4.98 Å². The van der Waals surface area contributed by atoms with Crippen LogP contribution in [-0.2, 0) is 14.3 Å². The van der Waals surface area contributed by atoms with E-state index in [4.69, 9.17) is 4.74 Å². The van der Waals surface area contributed by atoms with E-state index in [1.54, 1.807) is 29.7 Å². The molecule has 0 saturated carbocycles. The highest BCUT2D eigenvalue weighted by molar-refractivity contribution is 7.14. The van der Waals surface area contributed by atoms with Gasteiger partial charge in [0.05, 0.1) is 23.8 Å². The summed E-state index contributed by atoms with van der Waals surface area (Å²) in [5, 5.41) is 14.1. The Morgan fingerprint density at radius 2 is 1.84 bits per heavy atom. The summed E-state index contributed by atoms with van der Waals surface area (Å²) in [5.74, 6) is -3.50. The zero-order valence-electron chi connectivity index (χ0n) is 12.8. The normalized spacial score (nSPS) is 26.8. The Balaban J connectivity index is 1.51. The lowest BCUT2D eigenvalue weighted by atomic mass is 9.82. The molecular weight excluding hydrogens is 347 g/mol. The maximum atomic E-state index is 13.0. The lowest BCUT2D eigenvalue weighted by Gasteiger charge is -2.20. The van der Waals surface area contributed by atoms with Crippen LogP contribution >= 0.6 is 11.3 Å². The molecule has 0 unspecified atom stereocenters. The van der Waals surface area contributed by atoms with Gasteiger partial charge in [-0.2, -0.15) is 0 Å². The molecule has 8 heteroatoms. The second-order valence-electron chi connectivity index (χ2n) is 5.87. The highest BCUT2D eigenvalue weighted by atomic mass is 32.1. The largest absolute Gasteiger partial charge is 0.481 e. The van der Waals surface area contributed by atoms with Gasteiger partial charge in [0, 0.05) is 10.9 Å². The summed E-state index contributed by atoms with van der Waals surface area (Å²) in [6.45, 7) is 0. The Hall–Kier alpha value is -2.58. The topological polar surface area (TPSA) is 88.5 Å². The molecule has 2 aliphatic rings. The average Bonchev–Trinajstić information content (AvgIpc) is 3.30. The third kappa shape index (κ3) is 2.83. The average molecular weight is 360 g/mol. The predicted octanol–water partition coefficient (Wildman–Crippen LogP) is 2.54. The smallest absolute Gasteiger partial charge is 0.310 e. The Labute approximate surface area is 146 Å². The Bertz CT molecular complexity index is 864. The Morgan fingerprint density at radius 1 is 1.16 bits per heavy atom. The number of carbonyl (C=O) groups excluding carboxylic acids is 1. The van der Waals surface area contributed by atoms with Gasteiger partial charge in [-0.15, -0.1) is 11.3 Å². The maximum absolute atomic E-state index is 13.0. The van der Waals surface area contributed by atoms with Crippen molar-refractivity contribution in [3.63, 3.8) is 0 Å². The van der Waals surface area contributed by atoms with Gasteiger partial charge >= 0.3 is 5.97 Å². The molecule has 2 bridgehead atoms. The van der Waals surface area contributed by atoms with E-state index in [-0.39, 0.29) is 5.82 Å². The maximum Gasteiger partial charge on any atom is 0.310 e. The van der Waals surface area contributed by atoms with Crippen LogP contribution in [0, 0.1) is 17.7 Å². The molecular formula is C17H13FN2O4S. The number of amides is 1. The molecule has 3 heterocycles. The van der Waals surface area contributed by atoms with Gasteiger partial charge in [0.25, 0.3) is 0 Å². The second kappa shape index (κ2) is 6.05. The van der Waals surface area contributed by atoms with Crippen LogP contribution in [0.15, 0.2) is 41.8 Å². The van der Waals surface area contributed by atoms with Crippen LogP contribution in [0.5, 0.6) is 0 Å². The van der Waals surface area contributed by atoms with Crippen LogP contribution in [0.25, 0.3) is 11.3 Å². The lowest BCUT2D eigenvalue weighted by Crippen LogP contribution is -2.39. The van der Waals surface area contributed by atoms with E-state index in [1.165, 1.54) is 23.5 Å². The summed E-state index contributed by atoms with van der Waals surface area (Å²) in [6.07, 6.45) is 2.32. The molecule has 1 aromatic heterocycles. The third-order valence-electron chi connectivity index (χ3n) is 4.36. The lowest BCUT2D eigenvalue weighted by molar-refractivity contribution is -0.145. The molecule has 2 aliphatic heterocycles. The summed E-state index contributed by atoms with van der Waals surface area (Å²) in [6, 6.07) is 5.88. The number of benzene rings is 1. The van der Waals surface area contributed by atoms with Crippen LogP contribution in [0.4, 0.5) is 9.52 Å². The first-order valence-electron chi connectivity index (χ1n) is 7.62. The van der Waals surface area contributed by atoms with Gasteiger partial charge < -0.3 is 15.2 Å². The van der Waals surface area contributed by atoms with Crippen LogP contribution in [0.3, 0.4) is 0 Å². The standard InChI is InChI=1S/C17H13FN2O4S/c18-9-3-1-8(2-4-9)10-7-25-17(19-10)20-15(21)13-11-5-6-12(24-11)14(13)16(22)23/h1-7,11-14H,(H,22,23)(H,19,20,21)/t11-,12-,13-,14+/m1/s1. The zero-order valence-corrected chi connectivity index (χ0v) is 13.6. The first-order chi connectivity index (χ1) is 12.0. The van der Waals surface area contributed by atoms with Gasteiger partial charge in [0.1, 0.15) is 11.7 Å². The van der Waals surface area contributed by atoms with Crippen molar-refractivity contribution in [3.8, 4) is 11.3 Å². The number of carboxylic acid groups (broad SMARTS) is 1. The van der Waals surface area contributed by atoms with Crippen molar-refractivity contribution in [2.75, 3.05) is 5.32 Å². The SMILES string of the molecule is O=C(O)[C@@H]1[C@H](C(=O)Nc2nc(-c3ccc(F)cc3)cs2)[C@H]2C=C[C@H]1O2. The molecule has 0 aliphatic carbocycles. The Kier molecular flexibility index (Phi) is 3.85. The molecule has 1 amide bonds. The van der Waals surface area contributed by atoms with E-state index >= 15 is 0 Å². The number of aliphatic carboxylic acids is 1. The highest BCUT2D eigenvalue weighted by Gasteiger charge is 2.53. The van der Waals surface area contributed by atoms with E-state index in [0.717, 1.165) is 5.56 Å². The number of anilines is 1. The number of aromatic nitrogens is 1. The van der Waals surface area contributed by atoms with Gasteiger partial charge in [0.15, 0.2) is 5.13 Å². The number of hydrogen-bond donors (Lipinski definition) is 2. The fraction of sp³-hybridized carbons (Fsp3) is 0.235. The predicted molar refractivity (Wildman–Crippen MR) is 88.6 cm³/mol. The van der Waals surface area contributed by atoms with Gasteiger partial charge in [-0.05, 0) is 24.3 Å². The van der Waals surface area contributed by atoms with Crippen LogP contribution < -0.4 is 5.32 Å². The number of carbonyl (C=O) groups is 2. The molecule has 0 radical (unpaired) electrons. The fourth-order valence-corrected chi connectivity index (χ4v) is 3.91. The highest BCUT2D eigenvalue weighted by Crippen LogP contribution is 2.40. The van der Waals surface area contributed by atoms with Crippen LogP contribution in [0.1, 0.15) is 0 Å². The van der Waals surface area contributed by atoms with Gasteiger partial charge in [-0.1, -0.05) is 12.2 Å². The van der Waals surface area contributed by atoms with E-state index in [0.29, 0.717) is 10.8 Å². The van der Waals surface area contributed by atoms with E-state index in [2.05, 4.69) is 10.3 Å². The number of rotatable bonds is 4. The molecule has 2 N–H and O–H groups in total. The summed E-state index contributed by atoms with van der Waals surface area (Å²) in [4.78, 5) is 28.3. The summed E-state index contributed by atoms with van der Waals surface area (Å²) in [5.41, 5.74) is 1.34. The number of carboxylic acids is 1. The molecule has 0 spiro atoms. The quantitative estimate of drug-likeness (QED) is 0.818. The molecule has 128 valence electrons. The molecule has 1 saturated heterocycles. The molecule has 4 rings (SSSR count). The number of ether oxygens (including phenoxy) is 1. The van der Waals surface area contributed by atoms with Gasteiger partial charge in [0.2, 0.25) is 5.91 Å². The number of nitrogens with zero attached hydrogens (tertiary/aromatic N) is 1. The zero-order chi connectivity index (χ0) is 17.6. The molecule has 2 aromatic rings. The van der Waals surface area contributed by atoms with Crippen molar-refractivity contribution in [2.45, 2.75) is 12.2 Å². The van der Waals surface area contributed by atoms with Crippen molar-refractivity contribution in [3.05, 3.63) is 47.6 Å². The summed E-state index contributed by atoms with van der Waals surface area (Å²) in [7, 11) is 0. The number of halogens is 1. The van der Waals surface area contributed by atoms with Crippen LogP contribution in [-0.4, -0.2) is 34.2 Å². The molecule has 1 fully saturated rings. The third-order valence-corrected chi connectivity index (χ3v) is 5.12. The molecule has 1 aromatic carbocycles. The van der Waals surface area contributed by atoms with E-state index < -0.39 is 35.9 Å². The van der Waals surface area contributed by atoms with Crippen molar-refractivity contribution < 1.29 is 23.8 Å². The monoisotopic (exact) mass is 360 g/mol. The first-order valence-corrected chi connectivity index (χ1v) is 8.50. The number of hydrogen-bond acceptors (Lipinski definition) is 5. The minimum atomic E-state index is -1.05. The minimum absolute atomic E-state index is 0.337. The van der Waals surface area contributed by atoms with Crippen molar-refractivity contribution in [2.24, 2.45) is 11.8 Å².